The van der Waals surface area contributed by atoms with E-state index in [1.54, 1.807) is 0 Å². The van der Waals surface area contributed by atoms with Crippen molar-refractivity contribution in [1.29, 1.82) is 5.26 Å². The summed E-state index contributed by atoms with van der Waals surface area (Å²) in [6, 6.07) is 4.62. The fraction of sp³-hybridized carbons (Fsp3) is 0.200. The summed E-state index contributed by atoms with van der Waals surface area (Å²) in [5.74, 6) is -1.01. The van der Waals surface area contributed by atoms with Crippen LogP contribution in [0.15, 0.2) is 12.1 Å². The van der Waals surface area contributed by atoms with Gasteiger partial charge < -0.3 is 9.84 Å². The van der Waals surface area contributed by atoms with Crippen LogP contribution in [0.3, 0.4) is 0 Å². The van der Waals surface area contributed by atoms with E-state index in [4.69, 9.17) is 21.6 Å². The maximum atomic E-state index is 11.4. The number of phenolic OH excluding ortho intramolecular Hbond substituents is 1. The van der Waals surface area contributed by atoms with Crippen molar-refractivity contribution in [1.82, 2.24) is 0 Å². The Balaban J connectivity index is 3.44. The lowest BCUT2D eigenvalue weighted by Gasteiger charge is -2.08. The monoisotopic (exact) mass is 225 g/mol. The first-order valence-corrected chi connectivity index (χ1v) is 4.58. The molecule has 0 aromatic heterocycles. The second-order valence-corrected chi connectivity index (χ2v) is 2.97. The largest absolute Gasteiger partial charge is 0.504 e. The first-order chi connectivity index (χ1) is 7.15. The average molecular weight is 226 g/mol. The van der Waals surface area contributed by atoms with Gasteiger partial charge in [-0.25, -0.2) is 0 Å². The van der Waals surface area contributed by atoms with E-state index in [-0.39, 0.29) is 28.5 Å². The van der Waals surface area contributed by atoms with Gasteiger partial charge in [-0.3, -0.25) is 4.79 Å². The van der Waals surface area contributed by atoms with Crippen LogP contribution in [0.5, 0.6) is 11.5 Å². The SMILES string of the molecule is COc1ccc(C#N)c(C(=O)CCl)c1O. The van der Waals surface area contributed by atoms with Gasteiger partial charge in [0, 0.05) is 0 Å². The van der Waals surface area contributed by atoms with Crippen LogP contribution in [0.1, 0.15) is 15.9 Å². The topological polar surface area (TPSA) is 70.3 Å². The van der Waals surface area contributed by atoms with Crippen molar-refractivity contribution < 1.29 is 14.6 Å². The quantitative estimate of drug-likeness (QED) is 0.628. The van der Waals surface area contributed by atoms with Gasteiger partial charge in [0.2, 0.25) is 0 Å². The van der Waals surface area contributed by atoms with Crippen LogP contribution >= 0.6 is 11.6 Å². The Hall–Kier alpha value is -1.73. The summed E-state index contributed by atoms with van der Waals surface area (Å²) in [6.45, 7) is 0. The van der Waals surface area contributed by atoms with Crippen LogP contribution < -0.4 is 4.74 Å². The Bertz CT molecular complexity index is 437. The third-order valence-corrected chi connectivity index (χ3v) is 2.12. The molecule has 0 saturated carbocycles. The molecule has 0 bridgehead atoms. The number of ketones is 1. The van der Waals surface area contributed by atoms with Gasteiger partial charge >= 0.3 is 0 Å². The van der Waals surface area contributed by atoms with E-state index in [1.165, 1.54) is 19.2 Å². The van der Waals surface area contributed by atoms with Crippen molar-refractivity contribution in [2.75, 3.05) is 13.0 Å². The zero-order valence-corrected chi connectivity index (χ0v) is 8.71. The van der Waals surface area contributed by atoms with Crippen LogP contribution in [-0.2, 0) is 0 Å². The lowest BCUT2D eigenvalue weighted by atomic mass is 10.0. The Morgan fingerprint density at radius 2 is 2.33 bits per heavy atom. The summed E-state index contributed by atoms with van der Waals surface area (Å²) < 4.78 is 4.83. The van der Waals surface area contributed by atoms with Gasteiger partial charge in [-0.05, 0) is 12.1 Å². The van der Waals surface area contributed by atoms with Crippen molar-refractivity contribution >= 4 is 17.4 Å². The molecule has 4 nitrogen and oxygen atoms in total. The molecule has 1 aromatic carbocycles. The minimum absolute atomic E-state index is 0.0824. The van der Waals surface area contributed by atoms with Crippen molar-refractivity contribution in [2.45, 2.75) is 0 Å². The number of Topliss-reactive ketones (excluding diaryl/α,β-unsaturated/α-hetero) is 1. The summed E-state index contributed by atoms with van der Waals surface area (Å²) in [5, 5.41) is 18.4. The minimum Gasteiger partial charge on any atom is -0.504 e. The summed E-state index contributed by atoms with van der Waals surface area (Å²) >= 11 is 5.37. The average Bonchev–Trinajstić information content (AvgIpc) is 2.27. The second-order valence-electron chi connectivity index (χ2n) is 2.71. The van der Waals surface area contributed by atoms with E-state index < -0.39 is 5.78 Å². The Labute approximate surface area is 91.7 Å². The van der Waals surface area contributed by atoms with E-state index in [1.807, 2.05) is 6.07 Å². The number of nitriles is 1. The van der Waals surface area contributed by atoms with Gasteiger partial charge in [0.15, 0.2) is 17.3 Å². The third kappa shape index (κ3) is 2.03. The highest BCUT2D eigenvalue weighted by Crippen LogP contribution is 2.32. The number of ether oxygens (including phenoxy) is 1. The molecular weight excluding hydrogens is 218 g/mol. The number of aromatic hydroxyl groups is 1. The first kappa shape index (κ1) is 11.3. The van der Waals surface area contributed by atoms with Gasteiger partial charge in [0.25, 0.3) is 0 Å². The number of carbonyl (C=O) groups excluding carboxylic acids is 1. The molecule has 0 radical (unpaired) electrons. The first-order valence-electron chi connectivity index (χ1n) is 4.05. The summed E-state index contributed by atoms with van der Waals surface area (Å²) in [6.07, 6.45) is 0. The standard InChI is InChI=1S/C10H8ClNO3/c1-15-8-3-2-6(5-12)9(10(8)14)7(13)4-11/h2-3,14H,4H2,1H3. The van der Waals surface area contributed by atoms with Crippen molar-refractivity contribution in [3.05, 3.63) is 23.3 Å². The number of hydrogen-bond acceptors (Lipinski definition) is 4. The van der Waals surface area contributed by atoms with Gasteiger partial charge in [0.1, 0.15) is 6.07 Å². The van der Waals surface area contributed by atoms with Crippen LogP contribution in [0.4, 0.5) is 0 Å². The molecule has 0 saturated heterocycles. The minimum atomic E-state index is -0.510. The van der Waals surface area contributed by atoms with E-state index in [9.17, 15) is 9.90 Å². The number of methoxy groups -OCH3 is 1. The van der Waals surface area contributed by atoms with Gasteiger partial charge in [-0.2, -0.15) is 5.26 Å². The fourth-order valence-corrected chi connectivity index (χ4v) is 1.31. The van der Waals surface area contributed by atoms with Crippen molar-refractivity contribution in [3.63, 3.8) is 0 Å². The zero-order chi connectivity index (χ0) is 11.4. The van der Waals surface area contributed by atoms with E-state index >= 15 is 0 Å². The molecule has 1 rings (SSSR count). The molecule has 15 heavy (non-hydrogen) atoms. The number of alkyl halides is 1. The molecule has 1 N–H and O–H groups in total. The normalized spacial score (nSPS) is 9.40. The Morgan fingerprint density at radius 1 is 1.67 bits per heavy atom. The number of phenols is 1. The number of nitrogens with zero attached hydrogens (tertiary/aromatic N) is 1. The predicted molar refractivity (Wildman–Crippen MR) is 54.4 cm³/mol. The number of rotatable bonds is 3. The lowest BCUT2D eigenvalue weighted by Crippen LogP contribution is -2.04. The maximum Gasteiger partial charge on any atom is 0.182 e. The van der Waals surface area contributed by atoms with Gasteiger partial charge in [-0.15, -0.1) is 11.6 Å². The molecule has 0 atom stereocenters. The molecule has 0 aliphatic rings. The number of carbonyl (C=O) groups is 1. The molecule has 0 heterocycles. The van der Waals surface area contributed by atoms with E-state index in [0.29, 0.717) is 0 Å². The molecule has 5 heteroatoms. The van der Waals surface area contributed by atoms with Crippen LogP contribution in [0, 0.1) is 11.3 Å². The highest BCUT2D eigenvalue weighted by atomic mass is 35.5. The zero-order valence-electron chi connectivity index (χ0n) is 7.95. The summed E-state index contributed by atoms with van der Waals surface area (Å²) in [5.41, 5.74) is -0.00852. The Morgan fingerprint density at radius 3 is 2.80 bits per heavy atom. The summed E-state index contributed by atoms with van der Waals surface area (Å²) in [7, 11) is 1.36. The van der Waals surface area contributed by atoms with E-state index in [0.717, 1.165) is 0 Å². The van der Waals surface area contributed by atoms with Crippen molar-refractivity contribution in [3.8, 4) is 17.6 Å². The molecule has 0 aliphatic heterocycles. The van der Waals surface area contributed by atoms with Crippen LogP contribution in [-0.4, -0.2) is 23.9 Å². The second kappa shape index (κ2) is 4.67. The van der Waals surface area contributed by atoms with Gasteiger partial charge in [-0.1, -0.05) is 0 Å². The van der Waals surface area contributed by atoms with Crippen molar-refractivity contribution in [2.24, 2.45) is 0 Å². The fourth-order valence-electron chi connectivity index (χ4n) is 1.18. The number of hydrogen-bond donors (Lipinski definition) is 1. The summed E-state index contributed by atoms with van der Waals surface area (Å²) in [4.78, 5) is 11.4. The highest BCUT2D eigenvalue weighted by molar-refractivity contribution is 6.31. The molecule has 0 amide bonds. The lowest BCUT2D eigenvalue weighted by molar-refractivity contribution is 0.101. The number of halogens is 1. The molecule has 0 fully saturated rings. The molecule has 0 aliphatic carbocycles. The Kier molecular flexibility index (Phi) is 3.53. The predicted octanol–water partition coefficient (Wildman–Crippen LogP) is 1.69. The molecule has 78 valence electrons. The van der Waals surface area contributed by atoms with Crippen LogP contribution in [0.2, 0.25) is 0 Å². The molecular formula is C10H8ClNO3. The maximum absolute atomic E-state index is 11.4. The van der Waals surface area contributed by atoms with E-state index in [2.05, 4.69) is 0 Å². The third-order valence-electron chi connectivity index (χ3n) is 1.88. The van der Waals surface area contributed by atoms with Crippen LogP contribution in [0.25, 0.3) is 0 Å². The smallest absolute Gasteiger partial charge is 0.182 e. The molecule has 0 spiro atoms. The van der Waals surface area contributed by atoms with Gasteiger partial charge in [0.05, 0.1) is 24.1 Å². The highest BCUT2D eigenvalue weighted by Gasteiger charge is 2.18. The molecule has 1 aromatic rings. The molecule has 0 unspecified atom stereocenters. The number of benzene rings is 1.